The van der Waals surface area contributed by atoms with Crippen LogP contribution in [-0.2, 0) is 25.5 Å². The molecule has 2 N–H and O–H groups in total. The number of Topliss-reactive ketones (excluding diaryl/α,β-unsaturated/α-hetero) is 1. The average Bonchev–Trinajstić information content (AvgIpc) is 3.63. The van der Waals surface area contributed by atoms with Gasteiger partial charge in [-0.1, -0.05) is 77.4 Å². The maximum atomic E-state index is 15.5. The summed E-state index contributed by atoms with van der Waals surface area (Å²) in [6.07, 6.45) is 15.2. The van der Waals surface area contributed by atoms with Gasteiger partial charge in [-0.25, -0.2) is 4.39 Å². The fourth-order valence-electron chi connectivity index (χ4n) is 16.6. The summed E-state index contributed by atoms with van der Waals surface area (Å²) in [4.78, 5) is 46.0. The number of nitrogens with zero attached hydrogens (tertiary/aromatic N) is 1. The lowest BCUT2D eigenvalue weighted by atomic mass is 9.32. The van der Waals surface area contributed by atoms with E-state index in [0.29, 0.717) is 62.5 Å². The molecule has 1 saturated heterocycles. The summed E-state index contributed by atoms with van der Waals surface area (Å²) < 4.78 is 21.6. The number of esters is 1. The summed E-state index contributed by atoms with van der Waals surface area (Å²) in [6, 6.07) is 4.53. The van der Waals surface area contributed by atoms with Gasteiger partial charge in [0, 0.05) is 50.8 Å². The molecule has 12 rings (SSSR count). The molecular weight excluding hydrogens is 765 g/mol. The molecule has 2 spiro atoms. The third kappa shape index (κ3) is 4.76. The van der Waals surface area contributed by atoms with E-state index in [2.05, 4.69) is 45.9 Å². The first-order valence-electron chi connectivity index (χ1n) is 22.9. The Bertz CT molecular complexity index is 2090. The zero-order valence-electron chi connectivity index (χ0n) is 36.3. The number of hydrogen-bond donors (Lipinski definition) is 2. The number of hydrogen-bond acceptors (Lipinski definition) is 6. The van der Waals surface area contributed by atoms with Crippen LogP contribution >= 0.6 is 11.6 Å². The fourth-order valence-corrected chi connectivity index (χ4v) is 16.8. The third-order valence-corrected chi connectivity index (χ3v) is 21.4. The smallest absolute Gasteiger partial charge is 0.313 e. The van der Waals surface area contributed by atoms with Crippen molar-refractivity contribution >= 4 is 29.3 Å². The summed E-state index contributed by atoms with van der Waals surface area (Å²) in [6.45, 7) is 16.0. The minimum absolute atomic E-state index is 0.0792. The molecule has 1 aromatic carbocycles. The van der Waals surface area contributed by atoms with Gasteiger partial charge in [0.25, 0.3) is 5.91 Å². The molecule has 59 heavy (non-hydrogen) atoms. The molecular formula is C50H65ClFNO6. The van der Waals surface area contributed by atoms with E-state index in [1.54, 1.807) is 12.1 Å². The van der Waals surface area contributed by atoms with Crippen molar-refractivity contribution in [2.24, 2.45) is 67.5 Å². The second kappa shape index (κ2) is 12.3. The van der Waals surface area contributed by atoms with Gasteiger partial charge in [-0.3, -0.25) is 14.4 Å². The number of fused-ring (bicyclic) bond motifs is 5. The molecule has 10 aliphatic carbocycles. The molecule has 9 heteroatoms. The summed E-state index contributed by atoms with van der Waals surface area (Å²) in [5, 5.41) is 24.9. The molecule has 1 amide bonds. The molecule has 6 bridgehead atoms. The van der Waals surface area contributed by atoms with Crippen molar-refractivity contribution in [3.63, 3.8) is 0 Å². The number of benzene rings is 1. The van der Waals surface area contributed by atoms with Crippen molar-refractivity contribution < 1.29 is 33.7 Å². The second-order valence-electron chi connectivity index (χ2n) is 23.2. The molecule has 13 unspecified atom stereocenters. The van der Waals surface area contributed by atoms with E-state index in [1.807, 2.05) is 25.7 Å². The SMILES string of the molecule is CC1(C)C2CCC(CN(CC3(O)CCC4C56C=CC7(C=C5C(=O)Cc5c(F)cccc5Cl)CC(O)CCC7(C)C6CCC43C)C(=O)C34CCC(C)(C(=O)O3)C4(C)C)C1C2. The number of rotatable bonds is 8. The number of aliphatic hydroxyl groups is 2. The highest BCUT2D eigenvalue weighted by molar-refractivity contribution is 6.31. The topological polar surface area (TPSA) is 104 Å². The maximum Gasteiger partial charge on any atom is 0.313 e. The van der Waals surface area contributed by atoms with Crippen LogP contribution in [0.4, 0.5) is 4.39 Å². The quantitative estimate of drug-likeness (QED) is 0.200. The van der Waals surface area contributed by atoms with Gasteiger partial charge in [0.15, 0.2) is 11.4 Å². The van der Waals surface area contributed by atoms with Crippen LogP contribution in [0.1, 0.15) is 131 Å². The molecule has 1 aromatic rings. The molecule has 0 radical (unpaired) electrons. The Hall–Kier alpha value is -2.55. The number of aliphatic hydroxyl groups excluding tert-OH is 1. The highest BCUT2D eigenvalue weighted by Crippen LogP contribution is 2.78. The lowest BCUT2D eigenvalue weighted by molar-refractivity contribution is -0.191. The lowest BCUT2D eigenvalue weighted by Crippen LogP contribution is -2.68. The molecule has 320 valence electrons. The number of allylic oxidation sites excluding steroid dienone is 4. The Kier molecular flexibility index (Phi) is 8.47. The number of carbonyl (C=O) groups excluding carboxylic acids is 3. The van der Waals surface area contributed by atoms with Gasteiger partial charge < -0.3 is 19.8 Å². The van der Waals surface area contributed by atoms with Crippen LogP contribution < -0.4 is 0 Å². The predicted molar refractivity (Wildman–Crippen MR) is 223 cm³/mol. The maximum absolute atomic E-state index is 15.5. The minimum atomic E-state index is -1.29. The minimum Gasteiger partial charge on any atom is -0.448 e. The normalized spacial score (nSPS) is 47.7. The van der Waals surface area contributed by atoms with E-state index in [9.17, 15) is 19.8 Å². The zero-order valence-corrected chi connectivity index (χ0v) is 37.0. The van der Waals surface area contributed by atoms with Gasteiger partial charge in [0.1, 0.15) is 5.82 Å². The molecule has 7 saturated carbocycles. The van der Waals surface area contributed by atoms with Gasteiger partial charge in [-0.2, -0.15) is 0 Å². The molecule has 13 atom stereocenters. The van der Waals surface area contributed by atoms with E-state index in [1.165, 1.54) is 12.5 Å². The molecule has 7 nitrogen and oxygen atoms in total. The van der Waals surface area contributed by atoms with E-state index in [-0.39, 0.29) is 69.8 Å². The third-order valence-electron chi connectivity index (χ3n) is 21.0. The van der Waals surface area contributed by atoms with Gasteiger partial charge in [-0.15, -0.1) is 0 Å². The number of amides is 1. The summed E-state index contributed by atoms with van der Waals surface area (Å²) in [5.74, 6) is 0.321. The summed E-state index contributed by atoms with van der Waals surface area (Å²) >= 11 is 6.55. The van der Waals surface area contributed by atoms with Gasteiger partial charge in [0.05, 0.1) is 23.7 Å². The second-order valence-corrected chi connectivity index (χ2v) is 23.6. The highest BCUT2D eigenvalue weighted by Gasteiger charge is 2.78. The van der Waals surface area contributed by atoms with E-state index >= 15 is 9.18 Å². The Balaban J connectivity index is 1.05. The van der Waals surface area contributed by atoms with Crippen LogP contribution in [0.5, 0.6) is 0 Å². The Morgan fingerprint density at radius 3 is 2.29 bits per heavy atom. The monoisotopic (exact) mass is 829 g/mol. The Morgan fingerprint density at radius 1 is 0.915 bits per heavy atom. The standard InChI is InChI=1S/C50H65ClFNO6/c1-42(2)30-12-11-29(33(42)23-30)27-53(40(56)50-22-19-46(7,41(57)59-50)43(50,3)4)28-48(58)18-15-39-45(48,6)17-14-38-44(5)16-13-31(54)25-47(44)20-21-49(38,39)34(26-47)37(55)24-32-35(51)9-8-10-36(32)52/h8-10,20-21,26,29-31,33,38-39,54,58H,11-19,22-25,27-28H2,1-7H3. The van der Waals surface area contributed by atoms with Gasteiger partial charge >= 0.3 is 5.97 Å². The van der Waals surface area contributed by atoms with Crippen LogP contribution in [0.2, 0.25) is 5.02 Å². The van der Waals surface area contributed by atoms with Crippen molar-refractivity contribution in [3.05, 3.63) is 58.4 Å². The number of ether oxygens (including phenoxy) is 1. The van der Waals surface area contributed by atoms with Crippen LogP contribution in [0.15, 0.2) is 42.0 Å². The first-order chi connectivity index (χ1) is 27.6. The zero-order chi connectivity index (χ0) is 42.1. The molecule has 0 aromatic heterocycles. The van der Waals surface area contributed by atoms with E-state index in [0.717, 1.165) is 32.1 Å². The Morgan fingerprint density at radius 2 is 1.63 bits per heavy atom. The predicted octanol–water partition coefficient (Wildman–Crippen LogP) is 9.20. The average molecular weight is 831 g/mol. The van der Waals surface area contributed by atoms with Crippen LogP contribution in [-0.4, -0.2) is 63.2 Å². The molecule has 11 aliphatic rings. The summed E-state index contributed by atoms with van der Waals surface area (Å²) in [5.41, 5.74) is -5.08. The first kappa shape index (κ1) is 40.5. The lowest BCUT2D eigenvalue weighted by Gasteiger charge is -2.71. The van der Waals surface area contributed by atoms with Crippen molar-refractivity contribution in [2.45, 2.75) is 149 Å². The summed E-state index contributed by atoms with van der Waals surface area (Å²) in [7, 11) is 0. The van der Waals surface area contributed by atoms with Crippen LogP contribution in [0, 0.1) is 73.3 Å². The number of ketones is 1. The van der Waals surface area contributed by atoms with Crippen LogP contribution in [0.25, 0.3) is 0 Å². The first-order valence-corrected chi connectivity index (χ1v) is 23.3. The van der Waals surface area contributed by atoms with Crippen molar-refractivity contribution in [2.75, 3.05) is 13.1 Å². The van der Waals surface area contributed by atoms with Crippen molar-refractivity contribution in [3.8, 4) is 0 Å². The molecule has 1 aliphatic heterocycles. The molecule has 1 heterocycles. The van der Waals surface area contributed by atoms with Crippen molar-refractivity contribution in [1.82, 2.24) is 4.90 Å². The number of carbonyl (C=O) groups is 3. The van der Waals surface area contributed by atoms with Crippen LogP contribution in [0.3, 0.4) is 0 Å². The Labute approximate surface area is 354 Å². The highest BCUT2D eigenvalue weighted by atomic mass is 35.5. The largest absolute Gasteiger partial charge is 0.448 e. The van der Waals surface area contributed by atoms with E-state index in [4.69, 9.17) is 16.3 Å². The van der Waals surface area contributed by atoms with Gasteiger partial charge in [-0.05, 0) is 137 Å². The van der Waals surface area contributed by atoms with E-state index < -0.39 is 50.2 Å². The van der Waals surface area contributed by atoms with Crippen molar-refractivity contribution in [1.29, 1.82) is 0 Å². The van der Waals surface area contributed by atoms with Gasteiger partial charge in [0.2, 0.25) is 0 Å². The number of halogens is 2. The molecule has 8 fully saturated rings. The fraction of sp³-hybridized carbons (Fsp3) is 0.740.